The van der Waals surface area contributed by atoms with Crippen molar-refractivity contribution in [2.75, 3.05) is 13.2 Å². The van der Waals surface area contributed by atoms with Gasteiger partial charge in [0.15, 0.2) is 0 Å². The van der Waals surface area contributed by atoms with E-state index in [2.05, 4.69) is 24.8 Å². The van der Waals surface area contributed by atoms with E-state index in [-0.39, 0.29) is 17.6 Å². The van der Waals surface area contributed by atoms with Crippen molar-refractivity contribution in [3.8, 4) is 16.9 Å². The summed E-state index contributed by atoms with van der Waals surface area (Å²) in [5.74, 6) is 2.47. The second kappa shape index (κ2) is 8.98. The van der Waals surface area contributed by atoms with E-state index < -0.39 is 5.97 Å². The Hall–Kier alpha value is -2.59. The lowest BCUT2D eigenvalue weighted by atomic mass is 9.47. The summed E-state index contributed by atoms with van der Waals surface area (Å²) in [6, 6.07) is 14.3. The van der Waals surface area contributed by atoms with Crippen LogP contribution >= 0.6 is 0 Å². The van der Waals surface area contributed by atoms with Crippen LogP contribution in [0.25, 0.3) is 16.7 Å². The number of carboxylic acid groups (broad SMARTS) is 1. The molecular formula is C29H34O4. The van der Waals surface area contributed by atoms with Gasteiger partial charge < -0.3 is 14.9 Å². The van der Waals surface area contributed by atoms with E-state index in [1.165, 1.54) is 49.7 Å². The van der Waals surface area contributed by atoms with Crippen molar-refractivity contribution in [1.82, 2.24) is 0 Å². The van der Waals surface area contributed by atoms with Gasteiger partial charge in [-0.2, -0.15) is 0 Å². The number of hydrogen-bond acceptors (Lipinski definition) is 3. The first-order chi connectivity index (χ1) is 16.0. The fraction of sp³-hybridized carbons (Fsp3) is 0.483. The Labute approximate surface area is 196 Å². The Morgan fingerprint density at radius 3 is 2.18 bits per heavy atom. The topological polar surface area (TPSA) is 66.8 Å². The van der Waals surface area contributed by atoms with Gasteiger partial charge in [-0.15, -0.1) is 0 Å². The summed E-state index contributed by atoms with van der Waals surface area (Å²) >= 11 is 0. The molecule has 4 bridgehead atoms. The fourth-order valence-electron chi connectivity index (χ4n) is 7.12. The van der Waals surface area contributed by atoms with Gasteiger partial charge in [-0.25, -0.2) is 4.79 Å². The number of aliphatic hydroxyl groups excluding tert-OH is 1. The standard InChI is InChI=1S/C29H34O4/c1-19(28(31)32)23-4-6-24(7-5-23)26-9-8-25(33-11-3-2-10-30)15-27(26)29-16-20-12-21(17-29)14-22(13-20)18-29/h4-9,15,20-22,30H,1-3,10-14,16-18H2,(H,31,32). The molecule has 4 aliphatic carbocycles. The highest BCUT2D eigenvalue weighted by Crippen LogP contribution is 2.62. The average Bonchev–Trinajstić information content (AvgIpc) is 2.80. The first-order valence-electron chi connectivity index (χ1n) is 12.4. The molecule has 4 aliphatic rings. The van der Waals surface area contributed by atoms with Crippen molar-refractivity contribution >= 4 is 11.5 Å². The summed E-state index contributed by atoms with van der Waals surface area (Å²) in [4.78, 5) is 11.3. The van der Waals surface area contributed by atoms with E-state index in [1.807, 2.05) is 24.3 Å². The Bertz CT molecular complexity index is 1000. The van der Waals surface area contributed by atoms with Crippen LogP contribution in [0.3, 0.4) is 0 Å². The maximum Gasteiger partial charge on any atom is 0.335 e. The highest BCUT2D eigenvalue weighted by Gasteiger charge is 2.52. The minimum absolute atomic E-state index is 0.120. The average molecular weight is 447 g/mol. The van der Waals surface area contributed by atoms with Gasteiger partial charge in [0, 0.05) is 6.61 Å². The molecule has 0 unspecified atom stereocenters. The molecule has 0 saturated heterocycles. The van der Waals surface area contributed by atoms with Crippen LogP contribution < -0.4 is 4.74 Å². The molecule has 0 aliphatic heterocycles. The second-order valence-corrected chi connectivity index (χ2v) is 10.5. The summed E-state index contributed by atoms with van der Waals surface area (Å²) in [7, 11) is 0. The number of unbranched alkanes of at least 4 members (excludes halogenated alkanes) is 1. The number of ether oxygens (including phenoxy) is 1. The van der Waals surface area contributed by atoms with Crippen LogP contribution in [0.1, 0.15) is 62.5 Å². The summed E-state index contributed by atoms with van der Waals surface area (Å²) in [5.41, 5.74) is 4.76. The van der Waals surface area contributed by atoms with Crippen molar-refractivity contribution in [2.24, 2.45) is 17.8 Å². The van der Waals surface area contributed by atoms with Crippen molar-refractivity contribution in [1.29, 1.82) is 0 Å². The molecule has 2 N–H and O–H groups in total. The molecule has 2 aromatic rings. The van der Waals surface area contributed by atoms with Crippen molar-refractivity contribution < 1.29 is 19.7 Å². The van der Waals surface area contributed by atoms with Crippen LogP contribution in [-0.4, -0.2) is 29.4 Å². The maximum atomic E-state index is 11.3. The van der Waals surface area contributed by atoms with Gasteiger partial charge in [-0.05, 0) is 109 Å². The number of benzene rings is 2. The van der Waals surface area contributed by atoms with Crippen LogP contribution in [0, 0.1) is 17.8 Å². The quantitative estimate of drug-likeness (QED) is 0.362. The molecule has 33 heavy (non-hydrogen) atoms. The van der Waals surface area contributed by atoms with Crippen molar-refractivity contribution in [3.05, 3.63) is 60.2 Å². The molecule has 174 valence electrons. The predicted octanol–water partition coefficient (Wildman–Crippen LogP) is 6.07. The first kappa shape index (κ1) is 22.2. The number of aliphatic carboxylic acids is 1. The Morgan fingerprint density at radius 2 is 1.61 bits per heavy atom. The smallest absolute Gasteiger partial charge is 0.335 e. The molecule has 0 amide bonds. The second-order valence-electron chi connectivity index (χ2n) is 10.5. The fourth-order valence-corrected chi connectivity index (χ4v) is 7.12. The number of rotatable bonds is 9. The number of carbonyl (C=O) groups is 1. The molecule has 6 rings (SSSR count). The molecule has 4 saturated carbocycles. The minimum Gasteiger partial charge on any atom is -0.494 e. The molecule has 0 atom stereocenters. The van der Waals surface area contributed by atoms with Gasteiger partial charge in [0.05, 0.1) is 12.2 Å². The molecule has 0 spiro atoms. The number of carboxylic acids is 1. The van der Waals surface area contributed by atoms with E-state index in [1.54, 1.807) is 0 Å². The van der Waals surface area contributed by atoms with Gasteiger partial charge in [0.25, 0.3) is 0 Å². The van der Waals surface area contributed by atoms with E-state index in [0.717, 1.165) is 41.9 Å². The third-order valence-electron chi connectivity index (χ3n) is 8.22. The monoisotopic (exact) mass is 446 g/mol. The summed E-state index contributed by atoms with van der Waals surface area (Å²) in [5, 5.41) is 18.3. The van der Waals surface area contributed by atoms with Crippen LogP contribution in [0.5, 0.6) is 5.75 Å². The lowest BCUT2D eigenvalue weighted by Crippen LogP contribution is -2.48. The molecule has 2 aromatic carbocycles. The number of hydrogen-bond donors (Lipinski definition) is 2. The van der Waals surface area contributed by atoms with E-state index >= 15 is 0 Å². The first-order valence-corrected chi connectivity index (χ1v) is 12.4. The van der Waals surface area contributed by atoms with Crippen LogP contribution in [0.15, 0.2) is 49.0 Å². The molecule has 4 fully saturated rings. The van der Waals surface area contributed by atoms with Gasteiger partial charge in [-0.1, -0.05) is 36.9 Å². The van der Waals surface area contributed by atoms with Gasteiger partial charge >= 0.3 is 5.97 Å². The van der Waals surface area contributed by atoms with Gasteiger partial charge in [0.2, 0.25) is 0 Å². The maximum absolute atomic E-state index is 11.3. The van der Waals surface area contributed by atoms with Crippen LogP contribution in [-0.2, 0) is 10.2 Å². The summed E-state index contributed by atoms with van der Waals surface area (Å²) < 4.78 is 6.09. The van der Waals surface area contributed by atoms with Crippen molar-refractivity contribution in [2.45, 2.75) is 56.8 Å². The van der Waals surface area contributed by atoms with Gasteiger partial charge in [-0.3, -0.25) is 0 Å². The molecular weight excluding hydrogens is 412 g/mol. The lowest BCUT2D eigenvalue weighted by molar-refractivity contribution is -0.130. The normalized spacial score (nSPS) is 27.5. The highest BCUT2D eigenvalue weighted by atomic mass is 16.5. The van der Waals surface area contributed by atoms with E-state index in [0.29, 0.717) is 12.2 Å². The third kappa shape index (κ3) is 4.33. The number of aliphatic hydroxyl groups is 1. The molecule has 0 radical (unpaired) electrons. The zero-order chi connectivity index (χ0) is 23.0. The van der Waals surface area contributed by atoms with E-state index in [4.69, 9.17) is 9.84 Å². The summed E-state index contributed by atoms with van der Waals surface area (Å²) in [6.07, 6.45) is 9.62. The van der Waals surface area contributed by atoms with Crippen molar-refractivity contribution in [3.63, 3.8) is 0 Å². The van der Waals surface area contributed by atoms with Crippen LogP contribution in [0.2, 0.25) is 0 Å². The molecule has 4 nitrogen and oxygen atoms in total. The Kier molecular flexibility index (Phi) is 6.05. The van der Waals surface area contributed by atoms with E-state index in [9.17, 15) is 9.90 Å². The zero-order valence-electron chi connectivity index (χ0n) is 19.3. The lowest BCUT2D eigenvalue weighted by Gasteiger charge is -2.57. The third-order valence-corrected chi connectivity index (χ3v) is 8.22. The largest absolute Gasteiger partial charge is 0.494 e. The predicted molar refractivity (Wildman–Crippen MR) is 130 cm³/mol. The zero-order valence-corrected chi connectivity index (χ0v) is 19.3. The molecule has 4 heteroatoms. The Morgan fingerprint density at radius 1 is 0.970 bits per heavy atom. The summed E-state index contributed by atoms with van der Waals surface area (Å²) in [6.45, 7) is 4.51. The molecule has 0 aromatic heterocycles. The van der Waals surface area contributed by atoms with Gasteiger partial charge in [0.1, 0.15) is 5.75 Å². The highest BCUT2D eigenvalue weighted by molar-refractivity contribution is 6.14. The SMILES string of the molecule is C=C(C(=O)O)c1ccc(-c2ccc(OCCCCO)cc2C23CC4CC(CC(C4)C2)C3)cc1. The Balaban J connectivity index is 1.51. The molecule has 0 heterocycles. The minimum atomic E-state index is -0.986. The van der Waals surface area contributed by atoms with Crippen LogP contribution in [0.4, 0.5) is 0 Å².